The van der Waals surface area contributed by atoms with Crippen molar-refractivity contribution in [2.75, 3.05) is 7.05 Å². The lowest BCUT2D eigenvalue weighted by molar-refractivity contribution is -0.137. The van der Waals surface area contributed by atoms with Gasteiger partial charge in [-0.05, 0) is 26.3 Å². The predicted octanol–water partition coefficient (Wildman–Crippen LogP) is 0.949. The van der Waals surface area contributed by atoms with Crippen molar-refractivity contribution in [1.29, 1.82) is 0 Å². The van der Waals surface area contributed by atoms with Crippen LogP contribution < -0.4 is 10.6 Å². The van der Waals surface area contributed by atoms with Gasteiger partial charge in [0.15, 0.2) is 5.78 Å². The fourth-order valence-electron chi connectivity index (χ4n) is 1.97. The number of rotatable bonds is 10. The number of carboxylic acid groups (broad SMARTS) is 1. The standard InChI is InChI=1S/C14H26N2O4/c1-5-9(2)12(15-4)8-13(18)16-11(10(3)17)6-7-14(19)20/h9,11-12,15H,5-8H2,1-4H3,(H,16,18)(H,19,20)/t9-,11-,12+/m0/s1. The molecule has 0 unspecified atom stereocenters. The molecule has 0 aliphatic heterocycles. The first-order valence-electron chi connectivity index (χ1n) is 7.00. The molecule has 0 fully saturated rings. The van der Waals surface area contributed by atoms with Crippen molar-refractivity contribution in [2.45, 2.75) is 58.5 Å². The Balaban J connectivity index is 4.44. The predicted molar refractivity (Wildman–Crippen MR) is 76.4 cm³/mol. The Morgan fingerprint density at radius 2 is 1.85 bits per heavy atom. The van der Waals surface area contributed by atoms with Crippen LogP contribution in [0.4, 0.5) is 0 Å². The third kappa shape index (κ3) is 7.23. The molecule has 6 nitrogen and oxygen atoms in total. The second-order valence-corrected chi connectivity index (χ2v) is 5.15. The molecular formula is C14H26N2O4. The summed E-state index contributed by atoms with van der Waals surface area (Å²) in [5.74, 6) is -1.07. The molecule has 3 atom stereocenters. The lowest BCUT2D eigenvalue weighted by Crippen LogP contribution is -2.44. The number of Topliss-reactive ketones (excluding diaryl/α,β-unsaturated/α-hetero) is 1. The van der Waals surface area contributed by atoms with E-state index in [4.69, 9.17) is 5.11 Å². The number of ketones is 1. The third-order valence-electron chi connectivity index (χ3n) is 3.58. The molecule has 0 saturated carbocycles. The highest BCUT2D eigenvalue weighted by Crippen LogP contribution is 2.11. The number of amides is 1. The van der Waals surface area contributed by atoms with Crippen LogP contribution in [0.1, 0.15) is 46.5 Å². The molecule has 0 aromatic heterocycles. The third-order valence-corrected chi connectivity index (χ3v) is 3.58. The highest BCUT2D eigenvalue weighted by atomic mass is 16.4. The van der Waals surface area contributed by atoms with Crippen LogP contribution in [0.15, 0.2) is 0 Å². The van der Waals surface area contributed by atoms with Crippen LogP contribution in [0.2, 0.25) is 0 Å². The minimum atomic E-state index is -0.974. The number of hydrogen-bond acceptors (Lipinski definition) is 4. The average molecular weight is 286 g/mol. The minimum absolute atomic E-state index is 0.0482. The van der Waals surface area contributed by atoms with Crippen molar-refractivity contribution in [3.63, 3.8) is 0 Å². The lowest BCUT2D eigenvalue weighted by Gasteiger charge is -2.23. The van der Waals surface area contributed by atoms with Gasteiger partial charge in [0.1, 0.15) is 0 Å². The first-order chi connectivity index (χ1) is 9.31. The Hall–Kier alpha value is -1.43. The molecule has 0 aromatic rings. The highest BCUT2D eigenvalue weighted by molar-refractivity contribution is 5.88. The van der Waals surface area contributed by atoms with Gasteiger partial charge in [0.2, 0.25) is 5.91 Å². The Kier molecular flexibility index (Phi) is 8.79. The summed E-state index contributed by atoms with van der Waals surface area (Å²) in [6.45, 7) is 5.47. The minimum Gasteiger partial charge on any atom is -0.481 e. The van der Waals surface area contributed by atoms with Gasteiger partial charge in [-0.2, -0.15) is 0 Å². The summed E-state index contributed by atoms with van der Waals surface area (Å²) in [7, 11) is 1.80. The molecule has 0 saturated heterocycles. The second kappa shape index (κ2) is 9.47. The Bertz CT molecular complexity index is 344. The van der Waals surface area contributed by atoms with Crippen molar-refractivity contribution < 1.29 is 19.5 Å². The van der Waals surface area contributed by atoms with Gasteiger partial charge in [0, 0.05) is 18.9 Å². The molecule has 0 spiro atoms. The van der Waals surface area contributed by atoms with Gasteiger partial charge in [-0.15, -0.1) is 0 Å². The fourth-order valence-corrected chi connectivity index (χ4v) is 1.97. The van der Waals surface area contributed by atoms with Gasteiger partial charge in [0.05, 0.1) is 6.04 Å². The maximum atomic E-state index is 11.9. The van der Waals surface area contributed by atoms with E-state index in [-0.39, 0.29) is 37.0 Å². The Labute approximate surface area is 120 Å². The molecule has 0 rings (SSSR count). The van der Waals surface area contributed by atoms with Gasteiger partial charge >= 0.3 is 5.97 Å². The number of carbonyl (C=O) groups is 3. The number of carbonyl (C=O) groups excluding carboxylic acids is 2. The zero-order valence-corrected chi connectivity index (χ0v) is 12.7. The average Bonchev–Trinajstić information content (AvgIpc) is 2.39. The highest BCUT2D eigenvalue weighted by Gasteiger charge is 2.22. The smallest absolute Gasteiger partial charge is 0.303 e. The topological polar surface area (TPSA) is 95.5 Å². The largest absolute Gasteiger partial charge is 0.481 e. The SMILES string of the molecule is CC[C@H](C)[C@@H](CC(=O)N[C@@H](CCC(=O)O)C(C)=O)NC. The first-order valence-corrected chi connectivity index (χ1v) is 7.00. The van der Waals surface area contributed by atoms with Gasteiger partial charge in [-0.1, -0.05) is 20.3 Å². The molecule has 0 bridgehead atoms. The van der Waals surface area contributed by atoms with Crippen molar-refractivity contribution >= 4 is 17.7 Å². The summed E-state index contributed by atoms with van der Waals surface area (Å²) in [6, 6.07) is -0.667. The van der Waals surface area contributed by atoms with Gasteiger partial charge in [-0.25, -0.2) is 0 Å². The van der Waals surface area contributed by atoms with E-state index in [1.54, 1.807) is 7.05 Å². The van der Waals surface area contributed by atoms with Crippen LogP contribution in [0.3, 0.4) is 0 Å². The van der Waals surface area contributed by atoms with Crippen molar-refractivity contribution in [1.82, 2.24) is 10.6 Å². The number of carboxylic acids is 1. The van der Waals surface area contributed by atoms with Crippen LogP contribution in [0.5, 0.6) is 0 Å². The Morgan fingerprint density at radius 3 is 2.25 bits per heavy atom. The molecule has 0 aliphatic rings. The molecule has 6 heteroatoms. The Morgan fingerprint density at radius 1 is 1.25 bits per heavy atom. The normalized spacial score (nSPS) is 15.2. The van der Waals surface area contributed by atoms with E-state index < -0.39 is 12.0 Å². The second-order valence-electron chi connectivity index (χ2n) is 5.15. The number of aliphatic carboxylic acids is 1. The van der Waals surface area contributed by atoms with Crippen LogP contribution >= 0.6 is 0 Å². The number of nitrogens with one attached hydrogen (secondary N) is 2. The van der Waals surface area contributed by atoms with Gasteiger partial charge in [0.25, 0.3) is 0 Å². The summed E-state index contributed by atoms with van der Waals surface area (Å²) in [6.07, 6.45) is 1.23. The van der Waals surface area contributed by atoms with Crippen LogP contribution in [-0.2, 0) is 14.4 Å². The van der Waals surface area contributed by atoms with Gasteiger partial charge in [-0.3, -0.25) is 14.4 Å². The molecule has 116 valence electrons. The summed E-state index contributed by atoms with van der Waals surface area (Å²) < 4.78 is 0. The van der Waals surface area contributed by atoms with E-state index >= 15 is 0 Å². The van der Waals surface area contributed by atoms with E-state index in [0.717, 1.165) is 6.42 Å². The van der Waals surface area contributed by atoms with Gasteiger partial charge < -0.3 is 15.7 Å². The molecule has 20 heavy (non-hydrogen) atoms. The summed E-state index contributed by atoms with van der Waals surface area (Å²) in [5.41, 5.74) is 0. The monoisotopic (exact) mass is 286 g/mol. The molecular weight excluding hydrogens is 260 g/mol. The van der Waals surface area contributed by atoms with Crippen molar-refractivity contribution in [3.05, 3.63) is 0 Å². The van der Waals surface area contributed by atoms with E-state index in [2.05, 4.69) is 24.5 Å². The summed E-state index contributed by atoms with van der Waals surface area (Å²) in [4.78, 5) is 33.9. The van der Waals surface area contributed by atoms with E-state index in [9.17, 15) is 14.4 Å². The van der Waals surface area contributed by atoms with E-state index in [1.807, 2.05) is 0 Å². The van der Waals surface area contributed by atoms with Crippen LogP contribution in [0.25, 0.3) is 0 Å². The molecule has 0 radical (unpaired) electrons. The van der Waals surface area contributed by atoms with E-state index in [0.29, 0.717) is 5.92 Å². The zero-order valence-electron chi connectivity index (χ0n) is 12.7. The fraction of sp³-hybridized carbons (Fsp3) is 0.786. The molecule has 0 heterocycles. The maximum absolute atomic E-state index is 11.9. The molecule has 1 amide bonds. The molecule has 0 aliphatic carbocycles. The van der Waals surface area contributed by atoms with Crippen molar-refractivity contribution in [3.8, 4) is 0 Å². The van der Waals surface area contributed by atoms with Crippen LogP contribution in [0, 0.1) is 5.92 Å². The maximum Gasteiger partial charge on any atom is 0.303 e. The van der Waals surface area contributed by atoms with E-state index in [1.165, 1.54) is 6.92 Å². The molecule has 3 N–H and O–H groups in total. The first kappa shape index (κ1) is 18.6. The molecule has 0 aromatic carbocycles. The number of hydrogen-bond donors (Lipinski definition) is 3. The zero-order chi connectivity index (χ0) is 15.7. The van der Waals surface area contributed by atoms with Crippen LogP contribution in [-0.4, -0.2) is 41.9 Å². The van der Waals surface area contributed by atoms with Crippen molar-refractivity contribution in [2.24, 2.45) is 5.92 Å². The lowest BCUT2D eigenvalue weighted by atomic mass is 9.96. The summed E-state index contributed by atoms with van der Waals surface area (Å²) in [5, 5.41) is 14.4. The summed E-state index contributed by atoms with van der Waals surface area (Å²) >= 11 is 0. The quantitative estimate of drug-likeness (QED) is 0.556.